The number of carbonyl (C=O) groups excluding carboxylic acids is 1. The molecule has 0 fully saturated rings. The van der Waals surface area contributed by atoms with E-state index in [-0.39, 0.29) is 41.7 Å². The van der Waals surface area contributed by atoms with E-state index in [0.29, 0.717) is 10.9 Å². The fraction of sp³-hybridized carbons (Fsp3) is 0.222. The van der Waals surface area contributed by atoms with Gasteiger partial charge in [-0.2, -0.15) is 13.2 Å². The van der Waals surface area contributed by atoms with E-state index in [9.17, 15) is 18.0 Å². The van der Waals surface area contributed by atoms with Gasteiger partial charge in [0.15, 0.2) is 11.5 Å². The third-order valence-corrected chi connectivity index (χ3v) is 5.78. The smallest absolute Gasteiger partial charge is 0.433 e. The number of hydrogen-bond acceptors (Lipinski definition) is 6. The quantitative estimate of drug-likeness (QED) is 0.340. The fourth-order valence-corrected chi connectivity index (χ4v) is 3.85. The minimum atomic E-state index is -4.62. The number of carbonyl (C=O) groups is 1. The summed E-state index contributed by atoms with van der Waals surface area (Å²) < 4.78 is 50.7. The highest BCUT2D eigenvalue weighted by atomic mass is 19.4. The fourth-order valence-electron chi connectivity index (χ4n) is 3.85. The molecule has 4 aromatic rings. The van der Waals surface area contributed by atoms with Crippen LogP contribution in [0.25, 0.3) is 28.4 Å². The SMILES string of the molecule is COc1ccc(-c2nc(C(=O)NC/C(C)=C/c3ccccc3C)c(CN)o2)c2ccc(C(F)(F)F)nc12. The van der Waals surface area contributed by atoms with Crippen LogP contribution in [0.2, 0.25) is 0 Å². The first-order valence-corrected chi connectivity index (χ1v) is 11.4. The van der Waals surface area contributed by atoms with Crippen molar-refractivity contribution in [2.75, 3.05) is 13.7 Å². The summed E-state index contributed by atoms with van der Waals surface area (Å²) in [5.74, 6) is -0.142. The zero-order chi connectivity index (χ0) is 26.7. The van der Waals surface area contributed by atoms with E-state index in [1.54, 1.807) is 6.07 Å². The van der Waals surface area contributed by atoms with Crippen molar-refractivity contribution in [3.8, 4) is 17.2 Å². The van der Waals surface area contributed by atoms with Gasteiger partial charge in [0.2, 0.25) is 5.89 Å². The first-order chi connectivity index (χ1) is 17.6. The Kier molecular flexibility index (Phi) is 7.30. The molecule has 0 spiro atoms. The van der Waals surface area contributed by atoms with Gasteiger partial charge in [0.25, 0.3) is 5.91 Å². The largest absolute Gasteiger partial charge is 0.494 e. The molecule has 2 heterocycles. The van der Waals surface area contributed by atoms with Crippen LogP contribution in [0.3, 0.4) is 0 Å². The molecule has 0 unspecified atom stereocenters. The van der Waals surface area contributed by atoms with Gasteiger partial charge < -0.3 is 20.2 Å². The molecule has 0 aliphatic heterocycles. The number of hydrogen-bond donors (Lipinski definition) is 2. The second-order valence-electron chi connectivity index (χ2n) is 8.43. The Hall–Kier alpha value is -4.18. The van der Waals surface area contributed by atoms with Crippen LogP contribution in [0.4, 0.5) is 13.2 Å². The van der Waals surface area contributed by atoms with E-state index < -0.39 is 17.8 Å². The molecule has 4 rings (SSSR count). The molecular weight excluding hydrogens is 485 g/mol. The highest BCUT2D eigenvalue weighted by Crippen LogP contribution is 2.36. The highest BCUT2D eigenvalue weighted by Gasteiger charge is 2.33. The number of aromatic nitrogens is 2. The van der Waals surface area contributed by atoms with Crippen LogP contribution in [0.15, 0.2) is 58.5 Å². The van der Waals surface area contributed by atoms with Crippen molar-refractivity contribution in [2.24, 2.45) is 5.73 Å². The molecule has 0 aliphatic rings. The number of rotatable bonds is 7. The molecule has 0 saturated heterocycles. The van der Waals surface area contributed by atoms with Gasteiger partial charge in [0.05, 0.1) is 13.7 Å². The van der Waals surface area contributed by atoms with Crippen molar-refractivity contribution in [2.45, 2.75) is 26.6 Å². The lowest BCUT2D eigenvalue weighted by molar-refractivity contribution is -0.140. The molecule has 1 amide bonds. The maximum atomic E-state index is 13.2. The Labute approximate surface area is 211 Å². The van der Waals surface area contributed by atoms with Gasteiger partial charge in [0, 0.05) is 17.5 Å². The minimum absolute atomic E-state index is 0.00466. The number of nitrogens with two attached hydrogens (primary N) is 1. The maximum Gasteiger partial charge on any atom is 0.433 e. The van der Waals surface area contributed by atoms with Crippen LogP contribution in [0.5, 0.6) is 5.75 Å². The number of alkyl halides is 3. The van der Waals surface area contributed by atoms with E-state index in [0.717, 1.165) is 22.8 Å². The van der Waals surface area contributed by atoms with E-state index in [4.69, 9.17) is 14.9 Å². The monoisotopic (exact) mass is 510 g/mol. The number of benzene rings is 2. The van der Waals surface area contributed by atoms with Crippen molar-refractivity contribution >= 4 is 22.9 Å². The Morgan fingerprint density at radius 3 is 2.57 bits per heavy atom. The van der Waals surface area contributed by atoms with E-state index in [1.165, 1.54) is 19.2 Å². The first-order valence-electron chi connectivity index (χ1n) is 11.4. The van der Waals surface area contributed by atoms with E-state index in [2.05, 4.69) is 15.3 Å². The molecular formula is C27H25F3N4O3. The second-order valence-corrected chi connectivity index (χ2v) is 8.43. The summed E-state index contributed by atoms with van der Waals surface area (Å²) >= 11 is 0. The number of aryl methyl sites for hydroxylation is 1. The van der Waals surface area contributed by atoms with Gasteiger partial charge >= 0.3 is 6.18 Å². The Bertz CT molecular complexity index is 1490. The summed E-state index contributed by atoms with van der Waals surface area (Å²) in [6, 6.07) is 13.1. The Morgan fingerprint density at radius 2 is 1.89 bits per heavy atom. The van der Waals surface area contributed by atoms with Crippen LogP contribution in [-0.2, 0) is 12.7 Å². The molecule has 0 bridgehead atoms. The topological polar surface area (TPSA) is 103 Å². The molecule has 2 aromatic heterocycles. The third kappa shape index (κ3) is 5.49. The molecule has 7 nitrogen and oxygen atoms in total. The van der Waals surface area contributed by atoms with Crippen LogP contribution in [0, 0.1) is 6.92 Å². The molecule has 2 aromatic carbocycles. The van der Waals surface area contributed by atoms with Gasteiger partial charge in [-0.1, -0.05) is 35.9 Å². The zero-order valence-electron chi connectivity index (χ0n) is 20.4. The molecule has 3 N–H and O–H groups in total. The Morgan fingerprint density at radius 1 is 1.14 bits per heavy atom. The third-order valence-electron chi connectivity index (χ3n) is 5.78. The molecule has 10 heteroatoms. The second kappa shape index (κ2) is 10.4. The van der Waals surface area contributed by atoms with Crippen molar-refractivity contribution in [1.29, 1.82) is 0 Å². The summed E-state index contributed by atoms with van der Waals surface area (Å²) in [7, 11) is 1.34. The number of pyridine rings is 1. The summed E-state index contributed by atoms with van der Waals surface area (Å²) in [6.07, 6.45) is -2.64. The summed E-state index contributed by atoms with van der Waals surface area (Å²) in [6.45, 7) is 4.08. The summed E-state index contributed by atoms with van der Waals surface area (Å²) in [4.78, 5) is 21.0. The van der Waals surface area contributed by atoms with Gasteiger partial charge in [-0.25, -0.2) is 9.97 Å². The molecule has 0 saturated carbocycles. The molecule has 37 heavy (non-hydrogen) atoms. The molecule has 0 atom stereocenters. The standard InChI is InChI=1S/C27H25F3N4O3/c1-15(12-17-7-5-4-6-16(17)2)14-32-25(35)24-21(13-31)37-26(34-24)19-8-10-20(36-3)23-18(19)9-11-22(33-23)27(28,29)30/h4-12H,13-14,31H2,1-3H3,(H,32,35)/b15-12+. The normalized spacial score (nSPS) is 12.1. The van der Waals surface area contributed by atoms with Crippen molar-refractivity contribution < 1.29 is 27.1 Å². The number of fused-ring (bicyclic) bond motifs is 1. The number of nitrogens with zero attached hydrogens (tertiary/aromatic N) is 2. The maximum absolute atomic E-state index is 13.2. The predicted molar refractivity (Wildman–Crippen MR) is 134 cm³/mol. The minimum Gasteiger partial charge on any atom is -0.494 e. The number of nitrogens with one attached hydrogen (secondary N) is 1. The van der Waals surface area contributed by atoms with Crippen molar-refractivity contribution in [1.82, 2.24) is 15.3 Å². The summed E-state index contributed by atoms with van der Waals surface area (Å²) in [5, 5.41) is 3.14. The lowest BCUT2D eigenvalue weighted by Gasteiger charge is -2.11. The molecule has 192 valence electrons. The number of halogens is 3. The number of oxazole rings is 1. The predicted octanol–water partition coefficient (Wildman–Crippen LogP) is 5.52. The number of ether oxygens (including phenoxy) is 1. The average molecular weight is 511 g/mol. The lowest BCUT2D eigenvalue weighted by atomic mass is 10.1. The van der Waals surface area contributed by atoms with Gasteiger partial charge in [0.1, 0.15) is 17.0 Å². The zero-order valence-corrected chi connectivity index (χ0v) is 20.4. The van der Waals surface area contributed by atoms with Gasteiger partial charge in [-0.15, -0.1) is 0 Å². The number of methoxy groups -OCH3 is 1. The first kappa shape index (κ1) is 25.9. The van der Waals surface area contributed by atoms with Crippen LogP contribution in [-0.4, -0.2) is 29.5 Å². The summed E-state index contributed by atoms with van der Waals surface area (Å²) in [5.41, 5.74) is 8.18. The van der Waals surface area contributed by atoms with Crippen molar-refractivity contribution in [3.05, 3.63) is 82.4 Å². The van der Waals surface area contributed by atoms with Gasteiger partial charge in [-0.3, -0.25) is 4.79 Å². The molecule has 0 aliphatic carbocycles. The van der Waals surface area contributed by atoms with Crippen molar-refractivity contribution in [3.63, 3.8) is 0 Å². The number of amides is 1. The van der Waals surface area contributed by atoms with Gasteiger partial charge in [-0.05, 0) is 49.2 Å². The van der Waals surface area contributed by atoms with Crippen LogP contribution < -0.4 is 15.8 Å². The Balaban J connectivity index is 1.64. The van der Waals surface area contributed by atoms with Crippen LogP contribution in [0.1, 0.15) is 40.0 Å². The lowest BCUT2D eigenvalue weighted by Crippen LogP contribution is -2.26. The average Bonchev–Trinajstić information content (AvgIpc) is 3.31. The molecule has 0 radical (unpaired) electrons. The van der Waals surface area contributed by atoms with E-state index >= 15 is 0 Å². The van der Waals surface area contributed by atoms with Crippen LogP contribution >= 0.6 is 0 Å². The highest BCUT2D eigenvalue weighted by molar-refractivity contribution is 5.98. The van der Waals surface area contributed by atoms with E-state index in [1.807, 2.05) is 44.2 Å².